The summed E-state index contributed by atoms with van der Waals surface area (Å²) in [5.74, 6) is -0.733. The van der Waals surface area contributed by atoms with Crippen LogP contribution in [0.15, 0.2) is 11.6 Å². The quantitative estimate of drug-likeness (QED) is 0.772. The first-order valence-electron chi connectivity index (χ1n) is 4.24. The van der Waals surface area contributed by atoms with E-state index in [2.05, 4.69) is 15.6 Å². The molecule has 7 heteroatoms. The lowest BCUT2D eigenvalue weighted by atomic mass is 10.4. The highest BCUT2D eigenvalue weighted by molar-refractivity contribution is 7.09. The van der Waals surface area contributed by atoms with Crippen molar-refractivity contribution in [2.75, 3.05) is 12.4 Å². The summed E-state index contributed by atoms with van der Waals surface area (Å²) < 4.78 is 0. The van der Waals surface area contributed by atoms with Crippen LogP contribution in [0.25, 0.3) is 0 Å². The van der Waals surface area contributed by atoms with Crippen molar-refractivity contribution < 1.29 is 9.59 Å². The lowest BCUT2D eigenvalue weighted by Gasteiger charge is -2.03. The van der Waals surface area contributed by atoms with Crippen LogP contribution in [-0.4, -0.2) is 29.3 Å². The van der Waals surface area contributed by atoms with E-state index < -0.39 is 11.9 Å². The minimum atomic E-state index is -0.530. The molecule has 2 N–H and O–H groups in total. The molecule has 0 aliphatic carbocycles. The van der Waals surface area contributed by atoms with Crippen LogP contribution in [0.4, 0.5) is 4.79 Å². The van der Waals surface area contributed by atoms with Gasteiger partial charge in [0.2, 0.25) is 5.91 Å². The normalized spacial score (nSPS) is 9.67. The van der Waals surface area contributed by atoms with Gasteiger partial charge in [0.1, 0.15) is 5.88 Å². The van der Waals surface area contributed by atoms with Gasteiger partial charge in [-0.3, -0.25) is 10.1 Å². The van der Waals surface area contributed by atoms with E-state index in [1.807, 2.05) is 5.38 Å². The third-order valence-electron chi connectivity index (χ3n) is 1.48. The highest BCUT2D eigenvalue weighted by Crippen LogP contribution is 2.03. The van der Waals surface area contributed by atoms with Crippen molar-refractivity contribution >= 4 is 34.9 Å². The number of hydrogen-bond donors (Lipinski definition) is 2. The van der Waals surface area contributed by atoms with Crippen LogP contribution < -0.4 is 10.6 Å². The van der Waals surface area contributed by atoms with Crippen LogP contribution in [0, 0.1) is 0 Å². The Balaban J connectivity index is 2.15. The molecule has 0 bridgehead atoms. The van der Waals surface area contributed by atoms with Crippen molar-refractivity contribution in [2.24, 2.45) is 0 Å². The van der Waals surface area contributed by atoms with E-state index in [9.17, 15) is 9.59 Å². The molecule has 0 fully saturated rings. The lowest BCUT2D eigenvalue weighted by molar-refractivity contribution is -0.117. The zero-order chi connectivity index (χ0) is 11.1. The second-order valence-corrected chi connectivity index (χ2v) is 3.86. The summed E-state index contributed by atoms with van der Waals surface area (Å²) in [6.07, 6.45) is 2.36. The average molecular weight is 248 g/mol. The van der Waals surface area contributed by atoms with E-state index in [1.165, 1.54) is 11.3 Å². The fourth-order valence-electron chi connectivity index (χ4n) is 0.864. The first kappa shape index (κ1) is 11.9. The number of imide groups is 1. The summed E-state index contributed by atoms with van der Waals surface area (Å²) >= 11 is 6.73. The predicted octanol–water partition coefficient (Wildman–Crippen LogP) is 0.750. The molecule has 0 aliphatic heterocycles. The number of halogens is 1. The van der Waals surface area contributed by atoms with E-state index in [-0.39, 0.29) is 5.88 Å². The SMILES string of the molecule is O=C(CCl)NC(=O)NCCc1nccs1. The maximum atomic E-state index is 11.0. The number of aromatic nitrogens is 1. The van der Waals surface area contributed by atoms with Crippen LogP contribution in [0.3, 0.4) is 0 Å². The fraction of sp³-hybridized carbons (Fsp3) is 0.375. The smallest absolute Gasteiger partial charge is 0.321 e. The predicted molar refractivity (Wildman–Crippen MR) is 58.1 cm³/mol. The van der Waals surface area contributed by atoms with Crippen molar-refractivity contribution in [1.82, 2.24) is 15.6 Å². The Morgan fingerprint density at radius 3 is 2.93 bits per heavy atom. The number of hydrogen-bond acceptors (Lipinski definition) is 4. The molecule has 0 aromatic carbocycles. The number of urea groups is 1. The first-order valence-corrected chi connectivity index (χ1v) is 5.66. The van der Waals surface area contributed by atoms with Gasteiger partial charge in [-0.25, -0.2) is 9.78 Å². The molecule has 1 aromatic heterocycles. The average Bonchev–Trinajstić information content (AvgIpc) is 2.70. The summed E-state index contributed by atoms with van der Waals surface area (Å²) in [6, 6.07) is -0.530. The van der Waals surface area contributed by atoms with Gasteiger partial charge >= 0.3 is 6.03 Å². The van der Waals surface area contributed by atoms with Crippen molar-refractivity contribution in [1.29, 1.82) is 0 Å². The van der Waals surface area contributed by atoms with E-state index in [4.69, 9.17) is 11.6 Å². The van der Waals surface area contributed by atoms with E-state index in [0.29, 0.717) is 13.0 Å². The van der Waals surface area contributed by atoms with Crippen molar-refractivity contribution in [3.63, 3.8) is 0 Å². The van der Waals surface area contributed by atoms with Gasteiger partial charge in [-0.15, -0.1) is 22.9 Å². The summed E-state index contributed by atoms with van der Waals surface area (Å²) in [5.41, 5.74) is 0. The molecule has 82 valence electrons. The van der Waals surface area contributed by atoms with Crippen LogP contribution in [-0.2, 0) is 11.2 Å². The Labute approximate surface area is 95.8 Å². The topological polar surface area (TPSA) is 71.1 Å². The molecule has 0 atom stereocenters. The molecular formula is C8H10ClN3O2S. The van der Waals surface area contributed by atoms with Gasteiger partial charge in [-0.05, 0) is 0 Å². The summed E-state index contributed by atoms with van der Waals surface area (Å²) in [5, 5.41) is 7.41. The Morgan fingerprint density at radius 1 is 1.53 bits per heavy atom. The molecule has 0 saturated heterocycles. The zero-order valence-corrected chi connectivity index (χ0v) is 9.40. The van der Waals surface area contributed by atoms with Gasteiger partial charge < -0.3 is 5.32 Å². The number of nitrogens with zero attached hydrogens (tertiary/aromatic N) is 1. The highest BCUT2D eigenvalue weighted by Gasteiger charge is 2.05. The number of nitrogens with one attached hydrogen (secondary N) is 2. The first-order chi connectivity index (χ1) is 7.22. The Bertz CT molecular complexity index is 329. The zero-order valence-electron chi connectivity index (χ0n) is 7.83. The van der Waals surface area contributed by atoms with Gasteiger partial charge in [0, 0.05) is 24.5 Å². The minimum Gasteiger partial charge on any atom is -0.337 e. The van der Waals surface area contributed by atoms with Crippen LogP contribution in [0.2, 0.25) is 0 Å². The summed E-state index contributed by atoms with van der Waals surface area (Å²) in [6.45, 7) is 0.439. The Kier molecular flexibility index (Phi) is 5.06. The molecule has 5 nitrogen and oxygen atoms in total. The molecule has 0 saturated carbocycles. The number of alkyl halides is 1. The number of thiazole rings is 1. The van der Waals surface area contributed by atoms with E-state index in [1.54, 1.807) is 6.20 Å². The monoisotopic (exact) mass is 247 g/mol. The molecular weight excluding hydrogens is 238 g/mol. The molecule has 1 rings (SSSR count). The van der Waals surface area contributed by atoms with E-state index in [0.717, 1.165) is 5.01 Å². The maximum Gasteiger partial charge on any atom is 0.321 e. The summed E-state index contributed by atoms with van der Waals surface area (Å²) in [4.78, 5) is 25.8. The van der Waals surface area contributed by atoms with Crippen molar-refractivity contribution in [3.05, 3.63) is 16.6 Å². The number of amides is 3. The Morgan fingerprint density at radius 2 is 2.33 bits per heavy atom. The molecule has 0 spiro atoms. The highest BCUT2D eigenvalue weighted by atomic mass is 35.5. The standard InChI is InChI=1S/C8H10ClN3O2S/c9-5-6(13)12-8(14)11-2-1-7-10-3-4-15-7/h3-4H,1-2,5H2,(H2,11,12,13,14). The Hall–Kier alpha value is -1.14. The van der Waals surface area contributed by atoms with Gasteiger partial charge in [0.15, 0.2) is 0 Å². The van der Waals surface area contributed by atoms with Crippen LogP contribution in [0.5, 0.6) is 0 Å². The summed E-state index contributed by atoms with van der Waals surface area (Å²) in [7, 11) is 0. The molecule has 3 amide bonds. The number of carbonyl (C=O) groups excluding carboxylic acids is 2. The van der Waals surface area contributed by atoms with E-state index >= 15 is 0 Å². The van der Waals surface area contributed by atoms with Gasteiger partial charge in [-0.2, -0.15) is 0 Å². The van der Waals surface area contributed by atoms with Gasteiger partial charge in [0.25, 0.3) is 0 Å². The van der Waals surface area contributed by atoms with Gasteiger partial charge in [0.05, 0.1) is 5.01 Å². The molecule has 0 unspecified atom stereocenters. The minimum absolute atomic E-state index is 0.222. The fourth-order valence-corrected chi connectivity index (χ4v) is 1.55. The molecule has 0 radical (unpaired) electrons. The number of carbonyl (C=O) groups is 2. The van der Waals surface area contributed by atoms with Crippen molar-refractivity contribution in [3.8, 4) is 0 Å². The second kappa shape index (κ2) is 6.36. The largest absolute Gasteiger partial charge is 0.337 e. The molecule has 1 heterocycles. The van der Waals surface area contributed by atoms with Crippen LogP contribution >= 0.6 is 22.9 Å². The molecule has 15 heavy (non-hydrogen) atoms. The lowest BCUT2D eigenvalue weighted by Crippen LogP contribution is -2.40. The van der Waals surface area contributed by atoms with Gasteiger partial charge in [-0.1, -0.05) is 0 Å². The third-order valence-corrected chi connectivity index (χ3v) is 2.56. The molecule has 0 aliphatic rings. The van der Waals surface area contributed by atoms with Crippen LogP contribution in [0.1, 0.15) is 5.01 Å². The van der Waals surface area contributed by atoms with Crippen molar-refractivity contribution in [2.45, 2.75) is 6.42 Å². The second-order valence-electron chi connectivity index (χ2n) is 2.61. The third kappa shape index (κ3) is 4.75. The molecule has 1 aromatic rings. The number of rotatable bonds is 4. The maximum absolute atomic E-state index is 11.0.